The summed E-state index contributed by atoms with van der Waals surface area (Å²) in [5.74, 6) is 0. The molecule has 1 aromatic rings. The maximum absolute atomic E-state index is 12.5. The first-order chi connectivity index (χ1) is 9.63. The zero-order valence-corrected chi connectivity index (χ0v) is 15.5. The molecule has 21 heavy (non-hydrogen) atoms. The minimum absolute atomic E-state index is 0.159. The van der Waals surface area contributed by atoms with E-state index in [1.807, 2.05) is 27.2 Å². The molecule has 1 aromatic carbocycles. The Morgan fingerprint density at radius 1 is 1.33 bits per heavy atom. The number of hydrogen-bond acceptors (Lipinski definition) is 4. The van der Waals surface area contributed by atoms with Crippen LogP contribution in [0.3, 0.4) is 0 Å². The van der Waals surface area contributed by atoms with Gasteiger partial charge in [-0.1, -0.05) is 11.6 Å². The minimum Gasteiger partial charge on any atom is -0.316 e. The second-order valence-electron chi connectivity index (χ2n) is 5.51. The van der Waals surface area contributed by atoms with Gasteiger partial charge >= 0.3 is 0 Å². The highest BCUT2D eigenvalue weighted by molar-refractivity contribution is 8.00. The summed E-state index contributed by atoms with van der Waals surface area (Å²) in [6, 6.07) is 3.29. The monoisotopic (exact) mass is 350 g/mol. The van der Waals surface area contributed by atoms with E-state index < -0.39 is 10.0 Å². The van der Waals surface area contributed by atoms with E-state index in [2.05, 4.69) is 10.0 Å². The van der Waals surface area contributed by atoms with Crippen molar-refractivity contribution >= 4 is 33.4 Å². The third-order valence-electron chi connectivity index (χ3n) is 3.33. The second-order valence-corrected chi connectivity index (χ2v) is 9.19. The normalized spacial score (nSPS) is 12.7. The maximum Gasteiger partial charge on any atom is 0.240 e. The van der Waals surface area contributed by atoms with Gasteiger partial charge in [-0.15, -0.1) is 0 Å². The summed E-state index contributed by atoms with van der Waals surface area (Å²) < 4.78 is 27.6. The van der Waals surface area contributed by atoms with Gasteiger partial charge in [0.05, 0.1) is 4.90 Å². The van der Waals surface area contributed by atoms with E-state index in [1.165, 1.54) is 6.07 Å². The Morgan fingerprint density at radius 3 is 2.48 bits per heavy atom. The predicted octanol–water partition coefficient (Wildman–Crippen LogP) is 2.79. The highest BCUT2D eigenvalue weighted by Crippen LogP contribution is 2.26. The molecule has 0 aliphatic heterocycles. The van der Waals surface area contributed by atoms with Crippen molar-refractivity contribution in [1.82, 2.24) is 10.0 Å². The van der Waals surface area contributed by atoms with Crippen LogP contribution in [0.5, 0.6) is 0 Å². The molecule has 0 atom stereocenters. The molecule has 0 fully saturated rings. The molecule has 0 spiro atoms. The van der Waals surface area contributed by atoms with E-state index in [0.717, 1.165) is 11.1 Å². The van der Waals surface area contributed by atoms with Crippen molar-refractivity contribution in [3.63, 3.8) is 0 Å². The number of thioether (sulfide) groups is 1. The molecule has 1 rings (SSSR count). The van der Waals surface area contributed by atoms with E-state index in [4.69, 9.17) is 11.6 Å². The fraction of sp³-hybridized carbons (Fsp3) is 0.571. The van der Waals surface area contributed by atoms with Gasteiger partial charge in [0.2, 0.25) is 10.0 Å². The predicted molar refractivity (Wildman–Crippen MR) is 91.7 cm³/mol. The fourth-order valence-electron chi connectivity index (χ4n) is 1.78. The maximum atomic E-state index is 12.5. The van der Waals surface area contributed by atoms with Crippen LogP contribution in [0.15, 0.2) is 17.0 Å². The molecule has 0 heterocycles. The van der Waals surface area contributed by atoms with Gasteiger partial charge in [-0.25, -0.2) is 13.1 Å². The molecule has 2 N–H and O–H groups in total. The van der Waals surface area contributed by atoms with Crippen molar-refractivity contribution in [1.29, 1.82) is 0 Å². The largest absolute Gasteiger partial charge is 0.316 e. The van der Waals surface area contributed by atoms with Gasteiger partial charge in [0.15, 0.2) is 0 Å². The van der Waals surface area contributed by atoms with Crippen molar-refractivity contribution in [2.45, 2.75) is 37.0 Å². The van der Waals surface area contributed by atoms with Crippen molar-refractivity contribution in [2.75, 3.05) is 19.8 Å². The zero-order chi connectivity index (χ0) is 16.3. The average Bonchev–Trinajstić information content (AvgIpc) is 2.41. The van der Waals surface area contributed by atoms with Gasteiger partial charge in [0, 0.05) is 22.9 Å². The lowest BCUT2D eigenvalue weighted by Crippen LogP contribution is -2.36. The minimum atomic E-state index is -3.57. The lowest BCUT2D eigenvalue weighted by molar-refractivity contribution is 0.570. The summed E-state index contributed by atoms with van der Waals surface area (Å²) in [5, 5.41) is 3.45. The first-order valence-electron chi connectivity index (χ1n) is 6.61. The van der Waals surface area contributed by atoms with Crippen molar-refractivity contribution in [3.8, 4) is 0 Å². The molecule has 0 radical (unpaired) electrons. The van der Waals surface area contributed by atoms with Crippen LogP contribution in [0.4, 0.5) is 0 Å². The number of halogens is 1. The molecule has 0 amide bonds. The molecule has 4 nitrogen and oxygen atoms in total. The average molecular weight is 351 g/mol. The van der Waals surface area contributed by atoms with Crippen LogP contribution < -0.4 is 10.0 Å². The van der Waals surface area contributed by atoms with Gasteiger partial charge in [-0.2, -0.15) is 11.8 Å². The highest BCUT2D eigenvalue weighted by atomic mass is 35.5. The van der Waals surface area contributed by atoms with Gasteiger partial charge in [0.25, 0.3) is 0 Å². The van der Waals surface area contributed by atoms with Gasteiger partial charge < -0.3 is 5.32 Å². The lowest BCUT2D eigenvalue weighted by atomic mass is 10.1. The smallest absolute Gasteiger partial charge is 0.240 e. The van der Waals surface area contributed by atoms with Gasteiger partial charge in [-0.05, 0) is 57.3 Å². The summed E-state index contributed by atoms with van der Waals surface area (Å²) in [4.78, 5) is 0.247. The van der Waals surface area contributed by atoms with E-state index in [-0.39, 0.29) is 9.64 Å². The Balaban J connectivity index is 3.14. The Labute approximate surface area is 137 Å². The highest BCUT2D eigenvalue weighted by Gasteiger charge is 2.23. The first-order valence-corrected chi connectivity index (χ1v) is 9.70. The first kappa shape index (κ1) is 18.8. The summed E-state index contributed by atoms with van der Waals surface area (Å²) in [5.41, 5.74) is 1.61. The Morgan fingerprint density at radius 2 is 1.95 bits per heavy atom. The molecule has 0 aliphatic rings. The van der Waals surface area contributed by atoms with Crippen LogP contribution in [-0.2, 0) is 16.6 Å². The Hall–Kier alpha value is -0.270. The summed E-state index contributed by atoms with van der Waals surface area (Å²) >= 11 is 7.68. The van der Waals surface area contributed by atoms with Crippen molar-refractivity contribution in [3.05, 3.63) is 28.3 Å². The number of hydrogen-bond donors (Lipinski definition) is 2. The third kappa shape index (κ3) is 5.14. The molecule has 0 aliphatic carbocycles. The zero-order valence-electron chi connectivity index (χ0n) is 13.1. The van der Waals surface area contributed by atoms with Crippen LogP contribution in [0.25, 0.3) is 0 Å². The third-order valence-corrected chi connectivity index (χ3v) is 6.32. The quantitative estimate of drug-likeness (QED) is 0.794. The number of nitrogens with one attached hydrogen (secondary N) is 2. The van der Waals surface area contributed by atoms with Gasteiger partial charge in [0.1, 0.15) is 0 Å². The SMILES string of the molecule is CNCc1cc(Cl)cc(S(=O)(=O)NCC(C)(C)SC)c1C. The topological polar surface area (TPSA) is 58.2 Å². The van der Waals surface area contributed by atoms with Crippen molar-refractivity contribution in [2.24, 2.45) is 0 Å². The van der Waals surface area contributed by atoms with Crippen molar-refractivity contribution < 1.29 is 8.42 Å². The Kier molecular flexibility index (Phi) is 6.55. The van der Waals surface area contributed by atoms with Crippen LogP contribution in [0.1, 0.15) is 25.0 Å². The van der Waals surface area contributed by atoms with Gasteiger partial charge in [-0.3, -0.25) is 0 Å². The van der Waals surface area contributed by atoms with Crippen LogP contribution in [0, 0.1) is 6.92 Å². The lowest BCUT2D eigenvalue weighted by Gasteiger charge is -2.23. The van der Waals surface area contributed by atoms with E-state index in [9.17, 15) is 8.42 Å². The Bertz CT molecular complexity index is 601. The molecule has 0 aromatic heterocycles. The molecule has 0 saturated heterocycles. The van der Waals surface area contributed by atoms with E-state index in [1.54, 1.807) is 24.8 Å². The summed E-state index contributed by atoms with van der Waals surface area (Å²) in [7, 11) is -1.76. The molecular formula is C14H23ClN2O2S2. The fourth-order valence-corrected chi connectivity index (χ4v) is 3.92. The van der Waals surface area contributed by atoms with E-state index in [0.29, 0.717) is 18.1 Å². The van der Waals surface area contributed by atoms with Crippen LogP contribution in [-0.4, -0.2) is 33.0 Å². The summed E-state index contributed by atoms with van der Waals surface area (Å²) in [6.07, 6.45) is 1.96. The molecule has 0 bridgehead atoms. The number of rotatable bonds is 7. The molecule has 0 saturated carbocycles. The number of benzene rings is 1. The molecular weight excluding hydrogens is 328 g/mol. The standard InChI is InChI=1S/C14H23ClN2O2S2/c1-10-11(8-16-4)6-12(15)7-13(10)21(18,19)17-9-14(2,3)20-5/h6-7,16-17H,8-9H2,1-5H3. The molecule has 7 heteroatoms. The summed E-state index contributed by atoms with van der Waals surface area (Å²) in [6.45, 7) is 6.74. The van der Waals surface area contributed by atoms with Crippen LogP contribution in [0.2, 0.25) is 5.02 Å². The van der Waals surface area contributed by atoms with E-state index >= 15 is 0 Å². The van der Waals surface area contributed by atoms with Crippen LogP contribution >= 0.6 is 23.4 Å². The molecule has 0 unspecified atom stereocenters. The number of sulfonamides is 1. The second kappa shape index (κ2) is 7.33. The molecule has 120 valence electrons.